The standard InChI is InChI=1S/C24H30N2O7S/c1-5-32-22(27)14-8-10-19-17(11-14)20(23(28)33-6-2)21(34-19)26-24(29)25-13-15-7-9-16(30-3)12-18(15)31-4/h7,9,12,14H,5-6,8,10-11,13H2,1-4H3,(H2,25,26,29). The molecule has 9 nitrogen and oxygen atoms in total. The van der Waals surface area contributed by atoms with Crippen molar-refractivity contribution >= 4 is 34.3 Å². The second kappa shape index (κ2) is 11.7. The summed E-state index contributed by atoms with van der Waals surface area (Å²) in [6.07, 6.45) is 1.64. The molecule has 0 radical (unpaired) electrons. The second-order valence-corrected chi connectivity index (χ2v) is 8.71. The average Bonchev–Trinajstić information content (AvgIpc) is 3.19. The number of fused-ring (bicyclic) bond motifs is 1. The SMILES string of the molecule is CCOC(=O)c1c(NC(=O)NCc2ccc(OC)cc2OC)sc2c1CC(C(=O)OCC)CC2. The van der Waals surface area contributed by atoms with Crippen LogP contribution in [-0.2, 0) is 33.7 Å². The van der Waals surface area contributed by atoms with Crippen LogP contribution in [0.25, 0.3) is 0 Å². The molecule has 10 heteroatoms. The van der Waals surface area contributed by atoms with Gasteiger partial charge in [-0.15, -0.1) is 11.3 Å². The zero-order valence-corrected chi connectivity index (χ0v) is 20.6. The first-order chi connectivity index (χ1) is 16.4. The first kappa shape index (κ1) is 25.4. The molecule has 0 spiro atoms. The van der Waals surface area contributed by atoms with E-state index in [-0.39, 0.29) is 25.0 Å². The number of rotatable bonds is 9. The molecule has 3 rings (SSSR count). The fourth-order valence-corrected chi connectivity index (χ4v) is 5.10. The molecule has 34 heavy (non-hydrogen) atoms. The molecule has 1 atom stereocenters. The van der Waals surface area contributed by atoms with E-state index in [1.165, 1.54) is 11.3 Å². The topological polar surface area (TPSA) is 112 Å². The van der Waals surface area contributed by atoms with Gasteiger partial charge in [0.25, 0.3) is 0 Å². The van der Waals surface area contributed by atoms with E-state index in [4.69, 9.17) is 18.9 Å². The molecule has 2 aromatic rings. The summed E-state index contributed by atoms with van der Waals surface area (Å²) < 4.78 is 21.0. The summed E-state index contributed by atoms with van der Waals surface area (Å²) in [6.45, 7) is 4.21. The summed E-state index contributed by atoms with van der Waals surface area (Å²) in [4.78, 5) is 38.7. The van der Waals surface area contributed by atoms with Crippen LogP contribution in [0.1, 0.15) is 46.6 Å². The molecule has 1 aromatic heterocycles. The van der Waals surface area contributed by atoms with Crippen molar-refractivity contribution < 1.29 is 33.3 Å². The summed E-state index contributed by atoms with van der Waals surface area (Å²) in [5.74, 6) is 0.129. The maximum absolute atomic E-state index is 12.8. The van der Waals surface area contributed by atoms with Gasteiger partial charge in [-0.05, 0) is 50.8 Å². The predicted molar refractivity (Wildman–Crippen MR) is 128 cm³/mol. The molecule has 0 fully saturated rings. The Bertz CT molecular complexity index is 1050. The normalized spacial score (nSPS) is 14.5. The molecule has 0 aliphatic heterocycles. The van der Waals surface area contributed by atoms with Crippen molar-refractivity contribution in [3.05, 3.63) is 39.8 Å². The predicted octanol–water partition coefficient (Wildman–Crippen LogP) is 3.93. The first-order valence-corrected chi connectivity index (χ1v) is 12.0. The van der Waals surface area contributed by atoms with Crippen LogP contribution >= 0.6 is 11.3 Å². The number of thiophene rings is 1. The van der Waals surface area contributed by atoms with Gasteiger partial charge in [-0.1, -0.05) is 0 Å². The molecule has 0 saturated carbocycles. The summed E-state index contributed by atoms with van der Waals surface area (Å²) in [6, 6.07) is 4.86. The molecule has 0 saturated heterocycles. The van der Waals surface area contributed by atoms with Crippen molar-refractivity contribution in [2.24, 2.45) is 5.92 Å². The lowest BCUT2D eigenvalue weighted by Crippen LogP contribution is -2.29. The van der Waals surface area contributed by atoms with E-state index in [1.807, 2.05) is 0 Å². The van der Waals surface area contributed by atoms with Crippen molar-refractivity contribution in [2.45, 2.75) is 39.7 Å². The third-order valence-corrected chi connectivity index (χ3v) is 6.73. The number of anilines is 1. The van der Waals surface area contributed by atoms with Crippen LogP contribution in [0.2, 0.25) is 0 Å². The van der Waals surface area contributed by atoms with Gasteiger partial charge >= 0.3 is 18.0 Å². The van der Waals surface area contributed by atoms with Gasteiger partial charge in [0.05, 0.1) is 38.9 Å². The minimum atomic E-state index is -0.517. The van der Waals surface area contributed by atoms with E-state index < -0.39 is 12.0 Å². The van der Waals surface area contributed by atoms with Crippen LogP contribution in [0.5, 0.6) is 11.5 Å². The van der Waals surface area contributed by atoms with Gasteiger partial charge in [0.1, 0.15) is 16.5 Å². The van der Waals surface area contributed by atoms with Crippen LogP contribution < -0.4 is 20.1 Å². The Hall–Kier alpha value is -3.27. The number of carbonyl (C=O) groups is 3. The quantitative estimate of drug-likeness (QED) is 0.512. The molecular weight excluding hydrogens is 460 g/mol. The summed E-state index contributed by atoms with van der Waals surface area (Å²) in [7, 11) is 3.11. The fraction of sp³-hybridized carbons (Fsp3) is 0.458. The van der Waals surface area contributed by atoms with Gasteiger partial charge in [0, 0.05) is 23.1 Å². The monoisotopic (exact) mass is 490 g/mol. The molecule has 1 aliphatic rings. The van der Waals surface area contributed by atoms with Crippen LogP contribution in [-0.4, -0.2) is 45.4 Å². The molecule has 184 valence electrons. The lowest BCUT2D eigenvalue weighted by molar-refractivity contribution is -0.148. The lowest BCUT2D eigenvalue weighted by Gasteiger charge is -2.21. The number of carbonyl (C=O) groups excluding carboxylic acids is 3. The fourth-order valence-electron chi connectivity index (χ4n) is 3.87. The van der Waals surface area contributed by atoms with Crippen molar-refractivity contribution in [3.63, 3.8) is 0 Å². The number of hydrogen-bond donors (Lipinski definition) is 2. The zero-order chi connectivity index (χ0) is 24.7. The first-order valence-electron chi connectivity index (χ1n) is 11.2. The minimum Gasteiger partial charge on any atom is -0.497 e. The highest BCUT2D eigenvalue weighted by molar-refractivity contribution is 7.17. The molecule has 2 N–H and O–H groups in total. The molecule has 1 aliphatic carbocycles. The molecule has 1 heterocycles. The third-order valence-electron chi connectivity index (χ3n) is 5.52. The maximum atomic E-state index is 12.8. The summed E-state index contributed by atoms with van der Waals surface area (Å²) >= 11 is 1.34. The van der Waals surface area contributed by atoms with Gasteiger partial charge in [0.2, 0.25) is 0 Å². The minimum absolute atomic E-state index is 0.202. The summed E-state index contributed by atoms with van der Waals surface area (Å²) in [5.41, 5.74) is 1.83. The van der Waals surface area contributed by atoms with Crippen LogP contribution in [0.15, 0.2) is 18.2 Å². The number of amides is 2. The van der Waals surface area contributed by atoms with E-state index in [1.54, 1.807) is 46.3 Å². The van der Waals surface area contributed by atoms with E-state index >= 15 is 0 Å². The molecule has 2 amide bonds. The number of methoxy groups -OCH3 is 2. The number of esters is 2. The molecule has 1 unspecified atom stereocenters. The van der Waals surface area contributed by atoms with Crippen molar-refractivity contribution in [2.75, 3.05) is 32.8 Å². The van der Waals surface area contributed by atoms with E-state index in [9.17, 15) is 14.4 Å². The Morgan fingerprint density at radius 3 is 2.53 bits per heavy atom. The van der Waals surface area contributed by atoms with Gasteiger partial charge in [0.15, 0.2) is 0 Å². The number of aryl methyl sites for hydroxylation is 1. The molecule has 0 bridgehead atoms. The average molecular weight is 491 g/mol. The number of hydrogen-bond acceptors (Lipinski definition) is 8. The largest absolute Gasteiger partial charge is 0.497 e. The molecular formula is C24H30N2O7S. The Morgan fingerprint density at radius 1 is 1.09 bits per heavy atom. The van der Waals surface area contributed by atoms with E-state index in [0.29, 0.717) is 47.9 Å². The summed E-state index contributed by atoms with van der Waals surface area (Å²) in [5, 5.41) is 5.99. The number of benzene rings is 1. The van der Waals surface area contributed by atoms with Crippen LogP contribution in [0, 0.1) is 5.92 Å². The number of nitrogens with one attached hydrogen (secondary N) is 2. The number of ether oxygens (including phenoxy) is 4. The number of urea groups is 1. The Morgan fingerprint density at radius 2 is 1.85 bits per heavy atom. The highest BCUT2D eigenvalue weighted by Crippen LogP contribution is 2.40. The van der Waals surface area contributed by atoms with Crippen molar-refractivity contribution in [1.29, 1.82) is 0 Å². The Labute approximate surface area is 202 Å². The van der Waals surface area contributed by atoms with Crippen molar-refractivity contribution in [3.8, 4) is 11.5 Å². The van der Waals surface area contributed by atoms with Gasteiger partial charge in [-0.25, -0.2) is 9.59 Å². The lowest BCUT2D eigenvalue weighted by atomic mass is 9.86. The highest BCUT2D eigenvalue weighted by Gasteiger charge is 2.33. The van der Waals surface area contributed by atoms with Gasteiger partial charge in [-0.3, -0.25) is 10.1 Å². The second-order valence-electron chi connectivity index (χ2n) is 7.61. The Balaban J connectivity index is 1.77. The van der Waals surface area contributed by atoms with Crippen LogP contribution in [0.3, 0.4) is 0 Å². The third kappa shape index (κ3) is 5.80. The van der Waals surface area contributed by atoms with Crippen LogP contribution in [0.4, 0.5) is 9.80 Å². The molecule has 1 aromatic carbocycles. The zero-order valence-electron chi connectivity index (χ0n) is 19.8. The van der Waals surface area contributed by atoms with Gasteiger partial charge < -0.3 is 24.3 Å². The van der Waals surface area contributed by atoms with E-state index in [2.05, 4.69) is 10.6 Å². The Kier molecular flexibility index (Phi) is 8.75. The highest BCUT2D eigenvalue weighted by atomic mass is 32.1. The van der Waals surface area contributed by atoms with Gasteiger partial charge in [-0.2, -0.15) is 0 Å². The van der Waals surface area contributed by atoms with Crippen molar-refractivity contribution in [1.82, 2.24) is 5.32 Å². The smallest absolute Gasteiger partial charge is 0.341 e. The maximum Gasteiger partial charge on any atom is 0.341 e. The van der Waals surface area contributed by atoms with E-state index in [0.717, 1.165) is 16.0 Å².